The highest BCUT2D eigenvalue weighted by Crippen LogP contribution is 2.30. The Bertz CT molecular complexity index is 600. The number of rotatable bonds is 6. The van der Waals surface area contributed by atoms with E-state index in [1.807, 2.05) is 12.1 Å². The highest BCUT2D eigenvalue weighted by molar-refractivity contribution is 7.92. The molecular weight excluding hydrogens is 310 g/mol. The van der Waals surface area contributed by atoms with E-state index in [1.54, 1.807) is 12.1 Å². The summed E-state index contributed by atoms with van der Waals surface area (Å²) < 4.78 is 30.8. The molecule has 0 bridgehead atoms. The Morgan fingerprint density at radius 3 is 2.43 bits per heavy atom. The summed E-state index contributed by atoms with van der Waals surface area (Å²) in [7, 11) is -3.15. The molecule has 128 valence electrons. The van der Waals surface area contributed by atoms with Gasteiger partial charge in [0, 0.05) is 19.2 Å². The van der Waals surface area contributed by atoms with E-state index in [9.17, 15) is 8.42 Å². The van der Waals surface area contributed by atoms with Gasteiger partial charge >= 0.3 is 0 Å². The summed E-state index contributed by atoms with van der Waals surface area (Å²) in [6.45, 7) is 3.83. The average molecular weight is 337 g/mol. The summed E-state index contributed by atoms with van der Waals surface area (Å²) in [6, 6.07) is 7.62. The van der Waals surface area contributed by atoms with Gasteiger partial charge in [-0.3, -0.25) is 0 Å². The molecule has 5 heteroatoms. The first-order valence-corrected chi connectivity index (χ1v) is 10.3. The fourth-order valence-electron chi connectivity index (χ4n) is 3.57. The van der Waals surface area contributed by atoms with E-state index in [0.29, 0.717) is 11.0 Å². The van der Waals surface area contributed by atoms with Crippen LogP contribution in [0.25, 0.3) is 0 Å². The largest absolute Gasteiger partial charge is 0.377 e. The zero-order chi connectivity index (χ0) is 16.3. The van der Waals surface area contributed by atoms with Crippen molar-refractivity contribution in [1.82, 2.24) is 5.32 Å². The Balaban J connectivity index is 1.61. The average Bonchev–Trinajstić information content (AvgIpc) is 3.26. The van der Waals surface area contributed by atoms with E-state index >= 15 is 0 Å². The molecule has 1 aliphatic carbocycles. The molecule has 3 rings (SSSR count). The maximum atomic E-state index is 12.6. The van der Waals surface area contributed by atoms with Crippen LogP contribution in [0, 0.1) is 0 Å². The number of ether oxygens (including phenoxy) is 1. The predicted molar refractivity (Wildman–Crippen MR) is 91.3 cm³/mol. The molecule has 1 saturated carbocycles. The molecule has 1 saturated heterocycles. The van der Waals surface area contributed by atoms with Gasteiger partial charge in [0.1, 0.15) is 0 Å². The maximum Gasteiger partial charge on any atom is 0.181 e. The van der Waals surface area contributed by atoms with Gasteiger partial charge in [-0.25, -0.2) is 8.42 Å². The van der Waals surface area contributed by atoms with Gasteiger partial charge in [0.25, 0.3) is 0 Å². The minimum absolute atomic E-state index is 0.177. The fraction of sp³-hybridized carbons (Fsp3) is 0.667. The number of benzene rings is 1. The monoisotopic (exact) mass is 337 g/mol. The highest BCUT2D eigenvalue weighted by atomic mass is 32.2. The van der Waals surface area contributed by atoms with Crippen LogP contribution in [-0.4, -0.2) is 32.9 Å². The van der Waals surface area contributed by atoms with Crippen molar-refractivity contribution in [3.63, 3.8) is 0 Å². The molecule has 1 aliphatic heterocycles. The second kappa shape index (κ2) is 7.32. The zero-order valence-corrected chi connectivity index (χ0v) is 14.6. The quantitative estimate of drug-likeness (QED) is 0.866. The van der Waals surface area contributed by atoms with E-state index in [-0.39, 0.29) is 11.3 Å². The normalized spacial score (nSPS) is 24.1. The van der Waals surface area contributed by atoms with Gasteiger partial charge in [-0.05, 0) is 50.3 Å². The van der Waals surface area contributed by atoms with Crippen molar-refractivity contribution in [1.29, 1.82) is 0 Å². The SMILES string of the molecule is C[C@H](NC[C@H]1CCCO1)c1ccc(S(=O)(=O)C2CCCC2)cc1. The summed E-state index contributed by atoms with van der Waals surface area (Å²) in [5, 5.41) is 3.30. The van der Waals surface area contributed by atoms with Crippen LogP contribution in [0.1, 0.15) is 57.1 Å². The topological polar surface area (TPSA) is 55.4 Å². The molecule has 2 atom stereocenters. The first-order chi connectivity index (χ1) is 11.1. The van der Waals surface area contributed by atoms with Crippen LogP contribution in [0.5, 0.6) is 0 Å². The lowest BCUT2D eigenvalue weighted by atomic mass is 10.1. The fourth-order valence-corrected chi connectivity index (χ4v) is 5.42. The van der Waals surface area contributed by atoms with E-state index in [4.69, 9.17) is 4.74 Å². The molecule has 2 fully saturated rings. The number of hydrogen-bond acceptors (Lipinski definition) is 4. The minimum atomic E-state index is -3.15. The third-order valence-electron chi connectivity index (χ3n) is 5.13. The molecule has 2 aliphatic rings. The molecule has 1 heterocycles. The molecule has 0 aromatic heterocycles. The standard InChI is InChI=1S/C18H27NO3S/c1-14(19-13-16-5-4-12-22-16)15-8-10-18(11-9-15)23(20,21)17-6-2-3-7-17/h8-11,14,16-17,19H,2-7,12-13H2,1H3/t14-,16+/m0/s1. The lowest BCUT2D eigenvalue weighted by molar-refractivity contribution is 0.108. The predicted octanol–water partition coefficient (Wildman–Crippen LogP) is 3.23. The molecule has 23 heavy (non-hydrogen) atoms. The molecular formula is C18H27NO3S. The Morgan fingerprint density at radius 1 is 1.13 bits per heavy atom. The Kier molecular flexibility index (Phi) is 5.39. The molecule has 0 radical (unpaired) electrons. The van der Waals surface area contributed by atoms with E-state index < -0.39 is 9.84 Å². The van der Waals surface area contributed by atoms with Crippen LogP contribution in [0.2, 0.25) is 0 Å². The molecule has 1 N–H and O–H groups in total. The van der Waals surface area contributed by atoms with Crippen LogP contribution in [0.3, 0.4) is 0 Å². The van der Waals surface area contributed by atoms with Gasteiger partial charge < -0.3 is 10.1 Å². The second-order valence-electron chi connectivity index (χ2n) is 6.79. The third kappa shape index (κ3) is 3.95. The number of sulfone groups is 1. The molecule has 4 nitrogen and oxygen atoms in total. The van der Waals surface area contributed by atoms with Crippen molar-refractivity contribution < 1.29 is 13.2 Å². The minimum Gasteiger partial charge on any atom is -0.377 e. The van der Waals surface area contributed by atoms with Gasteiger partial charge in [-0.2, -0.15) is 0 Å². The van der Waals surface area contributed by atoms with Crippen LogP contribution in [0.15, 0.2) is 29.2 Å². The van der Waals surface area contributed by atoms with Gasteiger partial charge in [-0.1, -0.05) is 25.0 Å². The van der Waals surface area contributed by atoms with Crippen LogP contribution in [0.4, 0.5) is 0 Å². The van der Waals surface area contributed by atoms with Gasteiger partial charge in [-0.15, -0.1) is 0 Å². The van der Waals surface area contributed by atoms with Crippen molar-refractivity contribution in [2.24, 2.45) is 0 Å². The smallest absolute Gasteiger partial charge is 0.181 e. The van der Waals surface area contributed by atoms with E-state index in [1.165, 1.54) is 0 Å². The first kappa shape index (κ1) is 16.9. The van der Waals surface area contributed by atoms with Gasteiger partial charge in [0.2, 0.25) is 0 Å². The summed E-state index contributed by atoms with van der Waals surface area (Å²) in [5.74, 6) is 0. The second-order valence-corrected chi connectivity index (χ2v) is 9.01. The number of nitrogens with one attached hydrogen (secondary N) is 1. The highest BCUT2D eigenvalue weighted by Gasteiger charge is 2.30. The Labute approximate surface area is 139 Å². The van der Waals surface area contributed by atoms with E-state index in [2.05, 4.69) is 12.2 Å². The summed E-state index contributed by atoms with van der Waals surface area (Å²) in [4.78, 5) is 0.472. The Morgan fingerprint density at radius 2 is 1.83 bits per heavy atom. The lowest BCUT2D eigenvalue weighted by Crippen LogP contribution is -2.28. The molecule has 0 unspecified atom stereocenters. The number of hydrogen-bond donors (Lipinski definition) is 1. The van der Waals surface area contributed by atoms with E-state index in [0.717, 1.165) is 57.2 Å². The van der Waals surface area contributed by atoms with Crippen molar-refractivity contribution in [3.8, 4) is 0 Å². The van der Waals surface area contributed by atoms with Crippen LogP contribution >= 0.6 is 0 Å². The van der Waals surface area contributed by atoms with Crippen LogP contribution in [-0.2, 0) is 14.6 Å². The third-order valence-corrected chi connectivity index (χ3v) is 7.40. The molecule has 1 aromatic carbocycles. The molecule has 1 aromatic rings. The molecule has 0 amide bonds. The zero-order valence-electron chi connectivity index (χ0n) is 13.8. The van der Waals surface area contributed by atoms with Crippen molar-refractivity contribution in [2.45, 2.75) is 67.7 Å². The lowest BCUT2D eigenvalue weighted by Gasteiger charge is -2.18. The van der Waals surface area contributed by atoms with Crippen molar-refractivity contribution >= 4 is 9.84 Å². The molecule has 0 spiro atoms. The van der Waals surface area contributed by atoms with Crippen molar-refractivity contribution in [2.75, 3.05) is 13.2 Å². The summed E-state index contributed by atoms with van der Waals surface area (Å²) >= 11 is 0. The van der Waals surface area contributed by atoms with Crippen LogP contribution < -0.4 is 5.32 Å². The maximum absolute atomic E-state index is 12.6. The summed E-state index contributed by atoms with van der Waals surface area (Å²) in [5.41, 5.74) is 1.12. The summed E-state index contributed by atoms with van der Waals surface area (Å²) in [6.07, 6.45) is 6.28. The van der Waals surface area contributed by atoms with Crippen molar-refractivity contribution in [3.05, 3.63) is 29.8 Å². The Hall–Kier alpha value is -0.910. The van der Waals surface area contributed by atoms with Gasteiger partial charge in [0.05, 0.1) is 16.2 Å². The first-order valence-electron chi connectivity index (χ1n) is 8.76. The van der Waals surface area contributed by atoms with Gasteiger partial charge in [0.15, 0.2) is 9.84 Å².